The van der Waals surface area contributed by atoms with Gasteiger partial charge < -0.3 is 5.32 Å². The van der Waals surface area contributed by atoms with Crippen molar-refractivity contribution in [2.45, 2.75) is 18.4 Å². The molecule has 1 aromatic rings. The van der Waals surface area contributed by atoms with Gasteiger partial charge in [-0.3, -0.25) is 4.90 Å². The van der Waals surface area contributed by atoms with Crippen LogP contribution in [0.2, 0.25) is 0 Å². The maximum Gasteiger partial charge on any atom is 0.0675 e. The van der Waals surface area contributed by atoms with Crippen molar-refractivity contribution in [2.24, 2.45) is 0 Å². The summed E-state index contributed by atoms with van der Waals surface area (Å²) < 4.78 is 0. The number of likely N-dealkylation sites (N-methyl/N-ethyl adjacent to an activating group) is 1. The van der Waals surface area contributed by atoms with E-state index in [0.717, 1.165) is 6.54 Å². The Kier molecular flexibility index (Phi) is 2.91. The molecule has 0 spiro atoms. The van der Waals surface area contributed by atoms with Crippen LogP contribution in [0.25, 0.3) is 0 Å². The van der Waals surface area contributed by atoms with Gasteiger partial charge in [-0.25, -0.2) is 0 Å². The Balaban J connectivity index is 2.30. The van der Waals surface area contributed by atoms with Gasteiger partial charge in [0.1, 0.15) is 0 Å². The van der Waals surface area contributed by atoms with Gasteiger partial charge in [0.25, 0.3) is 0 Å². The Morgan fingerprint density at radius 3 is 2.86 bits per heavy atom. The summed E-state index contributed by atoms with van der Waals surface area (Å²) >= 11 is 1.87. The molecule has 14 heavy (non-hydrogen) atoms. The predicted octanol–water partition coefficient (Wildman–Crippen LogP) is 1.89. The summed E-state index contributed by atoms with van der Waals surface area (Å²) in [5, 5.41) is 5.69. The molecule has 78 valence electrons. The minimum atomic E-state index is 0.242. The second-order valence-electron chi connectivity index (χ2n) is 4.18. The summed E-state index contributed by atoms with van der Waals surface area (Å²) in [5.41, 5.74) is 0.242. The van der Waals surface area contributed by atoms with E-state index in [1.807, 2.05) is 11.3 Å². The first-order chi connectivity index (χ1) is 6.76. The summed E-state index contributed by atoms with van der Waals surface area (Å²) in [6.45, 7) is 2.25. The standard InChI is InChI=1S/C11H18N2S/c1-13(2)11(6-4-7-12-9-11)10-5-3-8-14-10/h3,5,8,12H,4,6-7,9H2,1-2H3. The molecular formula is C11H18N2S. The highest BCUT2D eigenvalue weighted by Gasteiger charge is 2.36. The van der Waals surface area contributed by atoms with E-state index in [2.05, 4.69) is 41.8 Å². The first-order valence-electron chi connectivity index (χ1n) is 5.18. The number of piperidine rings is 1. The van der Waals surface area contributed by atoms with Gasteiger partial charge in [0.15, 0.2) is 0 Å². The first kappa shape index (κ1) is 10.1. The molecular weight excluding hydrogens is 192 g/mol. The fourth-order valence-corrected chi connectivity index (χ4v) is 3.28. The third kappa shape index (κ3) is 1.60. The van der Waals surface area contributed by atoms with E-state index < -0.39 is 0 Å². The zero-order valence-corrected chi connectivity index (χ0v) is 9.73. The van der Waals surface area contributed by atoms with E-state index in [1.54, 1.807) is 0 Å². The second kappa shape index (κ2) is 4.01. The van der Waals surface area contributed by atoms with Gasteiger partial charge in [0, 0.05) is 11.4 Å². The molecule has 0 aromatic carbocycles. The maximum atomic E-state index is 3.51. The molecule has 2 nitrogen and oxygen atoms in total. The van der Waals surface area contributed by atoms with Gasteiger partial charge >= 0.3 is 0 Å². The number of nitrogens with one attached hydrogen (secondary N) is 1. The Labute approximate surface area is 89.9 Å². The summed E-state index contributed by atoms with van der Waals surface area (Å²) in [5.74, 6) is 0. The average molecular weight is 210 g/mol. The molecule has 0 aliphatic carbocycles. The van der Waals surface area contributed by atoms with Crippen LogP contribution < -0.4 is 5.32 Å². The normalized spacial score (nSPS) is 28.2. The lowest BCUT2D eigenvalue weighted by Gasteiger charge is -2.42. The second-order valence-corrected chi connectivity index (χ2v) is 5.13. The Bertz CT molecular complexity index is 273. The molecule has 0 amide bonds. The number of nitrogens with zero attached hydrogens (tertiary/aromatic N) is 1. The molecule has 0 bridgehead atoms. The highest BCUT2D eigenvalue weighted by atomic mass is 32.1. The van der Waals surface area contributed by atoms with Crippen LogP contribution in [0.1, 0.15) is 17.7 Å². The minimum absolute atomic E-state index is 0.242. The van der Waals surface area contributed by atoms with Crippen molar-refractivity contribution in [3.8, 4) is 0 Å². The van der Waals surface area contributed by atoms with E-state index in [0.29, 0.717) is 0 Å². The van der Waals surface area contributed by atoms with Crippen molar-refractivity contribution in [2.75, 3.05) is 27.2 Å². The molecule has 1 aromatic heterocycles. The van der Waals surface area contributed by atoms with Crippen LogP contribution in [-0.2, 0) is 5.54 Å². The average Bonchev–Trinajstić information content (AvgIpc) is 2.72. The Morgan fingerprint density at radius 1 is 1.50 bits per heavy atom. The monoisotopic (exact) mass is 210 g/mol. The largest absolute Gasteiger partial charge is 0.315 e. The van der Waals surface area contributed by atoms with Gasteiger partial charge in [-0.15, -0.1) is 11.3 Å². The molecule has 0 radical (unpaired) electrons. The third-order valence-electron chi connectivity index (χ3n) is 3.20. The molecule has 1 aliphatic rings. The van der Waals surface area contributed by atoms with Gasteiger partial charge in [-0.2, -0.15) is 0 Å². The van der Waals surface area contributed by atoms with E-state index in [1.165, 1.54) is 24.3 Å². The molecule has 2 heterocycles. The van der Waals surface area contributed by atoms with Crippen molar-refractivity contribution in [3.05, 3.63) is 22.4 Å². The summed E-state index contributed by atoms with van der Waals surface area (Å²) in [7, 11) is 4.37. The van der Waals surface area contributed by atoms with E-state index in [-0.39, 0.29) is 5.54 Å². The molecule has 0 saturated carbocycles. The zero-order valence-electron chi connectivity index (χ0n) is 8.92. The zero-order chi connectivity index (χ0) is 10.0. The van der Waals surface area contributed by atoms with Gasteiger partial charge in [0.05, 0.1) is 5.54 Å². The van der Waals surface area contributed by atoms with Gasteiger partial charge in [0.2, 0.25) is 0 Å². The molecule has 1 saturated heterocycles. The van der Waals surface area contributed by atoms with E-state index in [9.17, 15) is 0 Å². The van der Waals surface area contributed by atoms with Crippen molar-refractivity contribution in [1.82, 2.24) is 10.2 Å². The van der Waals surface area contributed by atoms with Crippen LogP contribution in [-0.4, -0.2) is 32.1 Å². The number of hydrogen-bond acceptors (Lipinski definition) is 3. The summed E-state index contributed by atoms with van der Waals surface area (Å²) in [6, 6.07) is 4.41. The molecule has 1 atom stereocenters. The number of hydrogen-bond donors (Lipinski definition) is 1. The highest BCUT2D eigenvalue weighted by molar-refractivity contribution is 7.10. The predicted molar refractivity (Wildman–Crippen MR) is 61.8 cm³/mol. The topological polar surface area (TPSA) is 15.3 Å². The lowest BCUT2D eigenvalue weighted by atomic mass is 9.87. The van der Waals surface area contributed by atoms with Crippen LogP contribution >= 0.6 is 11.3 Å². The lowest BCUT2D eigenvalue weighted by Crippen LogP contribution is -2.52. The van der Waals surface area contributed by atoms with Crippen molar-refractivity contribution >= 4 is 11.3 Å². The fourth-order valence-electron chi connectivity index (χ4n) is 2.25. The number of rotatable bonds is 2. The SMILES string of the molecule is CN(C)C1(c2cccs2)CCCNC1. The quantitative estimate of drug-likeness (QED) is 0.802. The Morgan fingerprint density at radius 2 is 2.36 bits per heavy atom. The smallest absolute Gasteiger partial charge is 0.0675 e. The Hall–Kier alpha value is -0.380. The van der Waals surface area contributed by atoms with Gasteiger partial charge in [-0.05, 0) is 44.9 Å². The molecule has 1 aliphatic heterocycles. The van der Waals surface area contributed by atoms with Crippen LogP contribution in [0.5, 0.6) is 0 Å². The first-order valence-corrected chi connectivity index (χ1v) is 6.06. The molecule has 3 heteroatoms. The van der Waals surface area contributed by atoms with Crippen molar-refractivity contribution < 1.29 is 0 Å². The minimum Gasteiger partial charge on any atom is -0.315 e. The molecule has 1 N–H and O–H groups in total. The van der Waals surface area contributed by atoms with E-state index >= 15 is 0 Å². The molecule has 1 unspecified atom stereocenters. The fraction of sp³-hybridized carbons (Fsp3) is 0.636. The number of thiophene rings is 1. The van der Waals surface area contributed by atoms with Crippen molar-refractivity contribution in [1.29, 1.82) is 0 Å². The van der Waals surface area contributed by atoms with Crippen LogP contribution in [0.3, 0.4) is 0 Å². The molecule has 1 fully saturated rings. The summed E-state index contributed by atoms with van der Waals surface area (Å²) in [6.07, 6.45) is 2.55. The van der Waals surface area contributed by atoms with Crippen LogP contribution in [0, 0.1) is 0 Å². The molecule has 2 rings (SSSR count). The van der Waals surface area contributed by atoms with Crippen LogP contribution in [0.4, 0.5) is 0 Å². The summed E-state index contributed by atoms with van der Waals surface area (Å²) in [4.78, 5) is 3.86. The van der Waals surface area contributed by atoms with Crippen LogP contribution in [0.15, 0.2) is 17.5 Å². The third-order valence-corrected chi connectivity index (χ3v) is 4.26. The van der Waals surface area contributed by atoms with E-state index in [4.69, 9.17) is 0 Å². The maximum absolute atomic E-state index is 3.51. The highest BCUT2D eigenvalue weighted by Crippen LogP contribution is 2.35. The van der Waals surface area contributed by atoms with Gasteiger partial charge in [-0.1, -0.05) is 6.07 Å². The van der Waals surface area contributed by atoms with Crippen molar-refractivity contribution in [3.63, 3.8) is 0 Å². The lowest BCUT2D eigenvalue weighted by molar-refractivity contribution is 0.117.